The number of likely N-dealkylation sites (tertiary alicyclic amines) is 1. The van der Waals surface area contributed by atoms with Gasteiger partial charge in [0, 0.05) is 37.0 Å². The molecule has 2 aromatic carbocycles. The summed E-state index contributed by atoms with van der Waals surface area (Å²) in [6.45, 7) is 0.775. The highest BCUT2D eigenvalue weighted by Crippen LogP contribution is 2.32. The van der Waals surface area contributed by atoms with Crippen LogP contribution in [0, 0.1) is 17.1 Å². The average Bonchev–Trinajstić information content (AvgIpc) is 3.35. The number of nitrogens with zero attached hydrogens (tertiary/aromatic N) is 4. The number of anilines is 1. The van der Waals surface area contributed by atoms with Crippen molar-refractivity contribution in [2.45, 2.75) is 18.9 Å². The van der Waals surface area contributed by atoms with Crippen LogP contribution in [0.4, 0.5) is 14.9 Å². The Bertz CT molecular complexity index is 1200. The van der Waals surface area contributed by atoms with E-state index in [4.69, 9.17) is 5.26 Å². The molecular formula is C23H18FN5O2. The first-order valence-electron chi connectivity index (χ1n) is 9.94. The number of fused-ring (bicyclic) bond motifs is 1. The molecular weight excluding hydrogens is 397 g/mol. The molecule has 3 heterocycles. The van der Waals surface area contributed by atoms with Gasteiger partial charge in [-0.25, -0.2) is 14.2 Å². The third-order valence-electron chi connectivity index (χ3n) is 5.69. The molecule has 1 saturated heterocycles. The first-order chi connectivity index (χ1) is 15.0. The number of hydrogen-bond acceptors (Lipinski definition) is 4. The summed E-state index contributed by atoms with van der Waals surface area (Å²) in [5, 5.41) is 17.5. The molecule has 2 aromatic rings. The van der Waals surface area contributed by atoms with Gasteiger partial charge < -0.3 is 10.2 Å². The maximum atomic E-state index is 14.4. The second kappa shape index (κ2) is 7.36. The highest BCUT2D eigenvalue weighted by atomic mass is 19.1. The molecule has 1 unspecified atom stereocenters. The molecule has 7 nitrogen and oxygen atoms in total. The number of halogens is 1. The molecule has 31 heavy (non-hydrogen) atoms. The fourth-order valence-electron chi connectivity index (χ4n) is 4.10. The van der Waals surface area contributed by atoms with E-state index in [1.54, 1.807) is 41.5 Å². The highest BCUT2D eigenvalue weighted by molar-refractivity contribution is 5.99. The van der Waals surface area contributed by atoms with E-state index in [-0.39, 0.29) is 30.2 Å². The summed E-state index contributed by atoms with van der Waals surface area (Å²) < 4.78 is 14.4. The Morgan fingerprint density at radius 3 is 2.94 bits per heavy atom. The van der Waals surface area contributed by atoms with Crippen molar-refractivity contribution in [3.05, 3.63) is 70.0 Å². The van der Waals surface area contributed by atoms with E-state index in [0.717, 1.165) is 11.1 Å². The number of carbonyl (C=O) groups is 2. The summed E-state index contributed by atoms with van der Waals surface area (Å²) in [6, 6.07) is 11.9. The first-order valence-corrected chi connectivity index (χ1v) is 9.94. The van der Waals surface area contributed by atoms with Gasteiger partial charge in [0.25, 0.3) is 0 Å². The van der Waals surface area contributed by atoms with Crippen molar-refractivity contribution in [2.24, 2.45) is 5.10 Å². The molecule has 0 saturated carbocycles. The fraction of sp³-hybridized carbons (Fsp3) is 0.217. The summed E-state index contributed by atoms with van der Waals surface area (Å²) in [7, 11) is 0. The third kappa shape index (κ3) is 3.44. The van der Waals surface area contributed by atoms with E-state index in [1.807, 2.05) is 6.07 Å². The van der Waals surface area contributed by atoms with E-state index >= 15 is 0 Å². The second-order valence-electron chi connectivity index (χ2n) is 7.83. The molecule has 0 spiro atoms. The topological polar surface area (TPSA) is 88.8 Å². The van der Waals surface area contributed by atoms with Crippen LogP contribution in [0.2, 0.25) is 0 Å². The zero-order valence-electron chi connectivity index (χ0n) is 16.5. The molecule has 3 aliphatic heterocycles. The van der Waals surface area contributed by atoms with E-state index in [1.165, 1.54) is 11.1 Å². The van der Waals surface area contributed by atoms with Crippen LogP contribution in [0.5, 0.6) is 0 Å². The lowest BCUT2D eigenvalue weighted by atomic mass is 10.0. The van der Waals surface area contributed by atoms with Gasteiger partial charge in [0.2, 0.25) is 5.91 Å². The van der Waals surface area contributed by atoms with Gasteiger partial charge in [0.15, 0.2) is 0 Å². The number of hydrazone groups is 1. The van der Waals surface area contributed by atoms with E-state index in [9.17, 15) is 14.0 Å². The molecule has 8 heteroatoms. The molecule has 0 aromatic heterocycles. The predicted molar refractivity (Wildman–Crippen MR) is 113 cm³/mol. The van der Waals surface area contributed by atoms with Gasteiger partial charge in [-0.2, -0.15) is 10.4 Å². The summed E-state index contributed by atoms with van der Waals surface area (Å²) in [4.78, 5) is 26.1. The summed E-state index contributed by atoms with van der Waals surface area (Å²) in [5.41, 5.74) is 4.02. The maximum Gasteiger partial charge on any atom is 0.341 e. The van der Waals surface area contributed by atoms with Crippen molar-refractivity contribution >= 4 is 29.9 Å². The van der Waals surface area contributed by atoms with Crippen LogP contribution in [-0.2, 0) is 11.2 Å². The lowest BCUT2D eigenvalue weighted by Gasteiger charge is -2.37. The van der Waals surface area contributed by atoms with Gasteiger partial charge in [0.1, 0.15) is 5.82 Å². The molecule has 1 N–H and O–H groups in total. The maximum absolute atomic E-state index is 14.4. The molecule has 0 bridgehead atoms. The highest BCUT2D eigenvalue weighted by Gasteiger charge is 2.35. The van der Waals surface area contributed by atoms with Crippen molar-refractivity contribution in [1.29, 1.82) is 5.26 Å². The number of urea groups is 1. The van der Waals surface area contributed by atoms with Crippen LogP contribution in [0.15, 0.2) is 47.1 Å². The van der Waals surface area contributed by atoms with Gasteiger partial charge in [-0.1, -0.05) is 12.1 Å². The van der Waals surface area contributed by atoms with Crippen molar-refractivity contribution < 1.29 is 14.0 Å². The number of nitrogens with one attached hydrogen (secondary N) is 1. The average molecular weight is 415 g/mol. The largest absolute Gasteiger partial charge is 0.341 e. The van der Waals surface area contributed by atoms with E-state index in [0.29, 0.717) is 41.9 Å². The number of rotatable bonds is 2. The van der Waals surface area contributed by atoms with E-state index < -0.39 is 0 Å². The summed E-state index contributed by atoms with van der Waals surface area (Å²) >= 11 is 0. The Labute approximate surface area is 178 Å². The van der Waals surface area contributed by atoms with E-state index in [2.05, 4.69) is 16.5 Å². The predicted octanol–water partition coefficient (Wildman–Crippen LogP) is 3.44. The number of hydrogen-bond donors (Lipinski definition) is 1. The lowest BCUT2D eigenvalue weighted by Crippen LogP contribution is -2.49. The Morgan fingerprint density at radius 2 is 2.13 bits per heavy atom. The minimum Gasteiger partial charge on any atom is -0.326 e. The number of amides is 3. The molecule has 1 fully saturated rings. The zero-order chi connectivity index (χ0) is 21.5. The summed E-state index contributed by atoms with van der Waals surface area (Å²) in [5.74, 6) is -0.519. The van der Waals surface area contributed by atoms with Crippen LogP contribution in [0.3, 0.4) is 0 Å². The standard InChI is InChI=1S/C23H18FN5O2/c24-19-8-18-10-22(30)27-20(18)9-17(19)7-15-12-28(13-15)23(31)29-21(4-5-26-29)16-3-1-2-14(6-16)11-25/h1-3,5-9,21H,4,10,12-13H2,(H,27,30). The van der Waals surface area contributed by atoms with Gasteiger partial charge in [-0.3, -0.25) is 4.79 Å². The SMILES string of the molecule is N#Cc1cccc(C2CC=NN2C(=O)N2CC(=Cc3cc4c(cc3F)CC(=O)N4)C2)c1. The molecule has 3 aliphatic rings. The molecule has 1 atom stereocenters. The van der Waals surface area contributed by atoms with Gasteiger partial charge in [-0.15, -0.1) is 0 Å². The van der Waals surface area contributed by atoms with Crippen molar-refractivity contribution in [3.63, 3.8) is 0 Å². The van der Waals surface area contributed by atoms with Crippen LogP contribution < -0.4 is 5.32 Å². The molecule has 0 aliphatic carbocycles. The van der Waals surface area contributed by atoms with Gasteiger partial charge in [-0.05, 0) is 47.0 Å². The number of nitriles is 1. The van der Waals surface area contributed by atoms with Crippen LogP contribution in [-0.4, -0.2) is 41.2 Å². The first kappa shape index (κ1) is 19.0. The quantitative estimate of drug-likeness (QED) is 0.815. The van der Waals surface area contributed by atoms with Crippen molar-refractivity contribution in [1.82, 2.24) is 9.91 Å². The van der Waals surface area contributed by atoms with Crippen molar-refractivity contribution in [3.8, 4) is 6.07 Å². The molecule has 5 rings (SSSR count). The normalized spacial score (nSPS) is 19.0. The monoisotopic (exact) mass is 415 g/mol. The number of benzene rings is 2. The minimum atomic E-state index is -0.380. The Balaban J connectivity index is 1.28. The zero-order valence-corrected chi connectivity index (χ0v) is 16.5. The molecule has 3 amide bonds. The Hall–Kier alpha value is -3.99. The lowest BCUT2D eigenvalue weighted by molar-refractivity contribution is -0.115. The molecule has 154 valence electrons. The number of carbonyl (C=O) groups excluding carboxylic acids is 2. The molecule has 0 radical (unpaired) electrons. The van der Waals surface area contributed by atoms with Crippen LogP contribution in [0.25, 0.3) is 6.08 Å². The summed E-state index contributed by atoms with van der Waals surface area (Å²) in [6.07, 6.45) is 4.21. The van der Waals surface area contributed by atoms with Crippen molar-refractivity contribution in [2.75, 3.05) is 18.4 Å². The Kier molecular flexibility index (Phi) is 4.51. The van der Waals surface area contributed by atoms with Crippen LogP contribution in [0.1, 0.15) is 34.7 Å². The second-order valence-corrected chi connectivity index (χ2v) is 7.83. The van der Waals surface area contributed by atoms with Gasteiger partial charge in [0.05, 0.1) is 24.1 Å². The van der Waals surface area contributed by atoms with Crippen LogP contribution >= 0.6 is 0 Å². The minimum absolute atomic E-state index is 0.138. The smallest absolute Gasteiger partial charge is 0.326 e. The fourth-order valence-corrected chi connectivity index (χ4v) is 4.10. The van der Waals surface area contributed by atoms with Gasteiger partial charge >= 0.3 is 6.03 Å². The Morgan fingerprint density at radius 1 is 1.29 bits per heavy atom. The third-order valence-corrected chi connectivity index (χ3v) is 5.69.